The van der Waals surface area contributed by atoms with Crippen molar-refractivity contribution in [1.82, 2.24) is 5.32 Å². The summed E-state index contributed by atoms with van der Waals surface area (Å²) in [4.78, 5) is 11.4. The molecule has 0 radical (unpaired) electrons. The average molecular weight is 291 g/mol. The molecular weight excluding hydrogens is 266 g/mol. The lowest BCUT2D eigenvalue weighted by Gasteiger charge is -2.28. The molecule has 0 heterocycles. The Labute approximate surface area is 126 Å². The van der Waals surface area contributed by atoms with E-state index in [2.05, 4.69) is 24.4 Å². The number of rotatable bonds is 8. The van der Waals surface area contributed by atoms with Crippen LogP contribution in [-0.2, 0) is 16.0 Å². The van der Waals surface area contributed by atoms with E-state index >= 15 is 0 Å². The third-order valence-electron chi connectivity index (χ3n) is 3.95. The van der Waals surface area contributed by atoms with Gasteiger partial charge in [0.2, 0.25) is 6.23 Å². The summed E-state index contributed by atoms with van der Waals surface area (Å²) in [5.74, 6) is -0.936. The normalized spacial score (nSPS) is 19.0. The molecule has 0 fully saturated rings. The monoisotopic (exact) mass is 291 g/mol. The second-order valence-electron chi connectivity index (χ2n) is 5.60. The second-order valence-corrected chi connectivity index (χ2v) is 5.60. The number of carbonyl (C=O) groups is 1. The summed E-state index contributed by atoms with van der Waals surface area (Å²) < 4.78 is 5.85. The summed E-state index contributed by atoms with van der Waals surface area (Å²) in [6.07, 6.45) is 5.15. The Morgan fingerprint density at radius 1 is 1.43 bits per heavy atom. The van der Waals surface area contributed by atoms with Crippen LogP contribution in [0.1, 0.15) is 56.3 Å². The topological polar surface area (TPSA) is 58.6 Å². The van der Waals surface area contributed by atoms with Crippen molar-refractivity contribution in [2.75, 3.05) is 6.54 Å². The number of nitrogens with one attached hydrogen (secondary N) is 1. The zero-order valence-corrected chi connectivity index (χ0v) is 12.7. The number of fused-ring (bicyclic) bond motifs is 1. The van der Waals surface area contributed by atoms with E-state index in [-0.39, 0.29) is 6.10 Å². The Morgan fingerprint density at radius 3 is 3.00 bits per heavy atom. The molecule has 4 heteroatoms. The van der Waals surface area contributed by atoms with Crippen molar-refractivity contribution in [3.05, 3.63) is 35.4 Å². The number of aryl methyl sites for hydroxylation is 1. The first-order valence-electron chi connectivity index (χ1n) is 7.91. The molecule has 21 heavy (non-hydrogen) atoms. The molecule has 2 atom stereocenters. The van der Waals surface area contributed by atoms with Crippen LogP contribution >= 0.6 is 0 Å². The number of aliphatic carboxylic acids is 1. The smallest absolute Gasteiger partial charge is 0.348 e. The number of hydrogen-bond acceptors (Lipinski definition) is 3. The standard InChI is InChI=1S/C17H25NO3/c1-2-3-6-12-18-16(17(19)20)21-15-11-7-9-13-8-4-5-10-14(13)15/h4-5,8,10,15-16,18H,2-3,6-7,9,11-12H2,1H3,(H,19,20). The second kappa shape index (κ2) is 8.15. The van der Waals surface area contributed by atoms with Gasteiger partial charge in [-0.3, -0.25) is 5.32 Å². The van der Waals surface area contributed by atoms with Gasteiger partial charge < -0.3 is 9.84 Å². The predicted molar refractivity (Wildman–Crippen MR) is 82.2 cm³/mol. The van der Waals surface area contributed by atoms with Gasteiger partial charge in [-0.15, -0.1) is 0 Å². The minimum atomic E-state index is -0.936. The minimum absolute atomic E-state index is 0.116. The molecule has 116 valence electrons. The van der Waals surface area contributed by atoms with Crippen molar-refractivity contribution in [3.8, 4) is 0 Å². The summed E-state index contributed by atoms with van der Waals surface area (Å²) in [6.45, 7) is 2.81. The molecule has 2 rings (SSSR count). The number of carboxylic acid groups (broad SMARTS) is 1. The van der Waals surface area contributed by atoms with E-state index in [1.54, 1.807) is 0 Å². The van der Waals surface area contributed by atoms with Crippen molar-refractivity contribution >= 4 is 5.97 Å². The van der Waals surface area contributed by atoms with Gasteiger partial charge in [-0.05, 0) is 43.4 Å². The van der Waals surface area contributed by atoms with Gasteiger partial charge in [0, 0.05) is 0 Å². The van der Waals surface area contributed by atoms with E-state index in [1.807, 2.05) is 12.1 Å². The number of unbranched alkanes of at least 4 members (excludes halogenated alkanes) is 2. The first-order valence-corrected chi connectivity index (χ1v) is 7.91. The molecule has 0 spiro atoms. The molecule has 1 aliphatic rings. The minimum Gasteiger partial charge on any atom is -0.478 e. The maximum Gasteiger partial charge on any atom is 0.348 e. The van der Waals surface area contributed by atoms with Gasteiger partial charge >= 0.3 is 5.97 Å². The lowest BCUT2D eigenvalue weighted by molar-refractivity contribution is -0.158. The maximum atomic E-state index is 11.4. The first kappa shape index (κ1) is 16.0. The summed E-state index contributed by atoms with van der Waals surface area (Å²) in [5, 5.41) is 12.3. The van der Waals surface area contributed by atoms with Gasteiger partial charge in [0.25, 0.3) is 0 Å². The van der Waals surface area contributed by atoms with E-state index in [0.29, 0.717) is 6.54 Å². The molecule has 0 saturated carbocycles. The van der Waals surface area contributed by atoms with Crippen LogP contribution in [0.2, 0.25) is 0 Å². The molecule has 1 aliphatic carbocycles. The van der Waals surface area contributed by atoms with Gasteiger partial charge in [-0.1, -0.05) is 44.0 Å². The molecule has 2 N–H and O–H groups in total. The predicted octanol–water partition coefficient (Wildman–Crippen LogP) is 3.27. The molecule has 0 bridgehead atoms. The Morgan fingerprint density at radius 2 is 2.24 bits per heavy atom. The van der Waals surface area contributed by atoms with Gasteiger partial charge in [-0.2, -0.15) is 0 Å². The number of ether oxygens (including phenoxy) is 1. The summed E-state index contributed by atoms with van der Waals surface area (Å²) in [7, 11) is 0. The number of hydrogen-bond donors (Lipinski definition) is 2. The van der Waals surface area contributed by atoms with E-state index in [4.69, 9.17) is 4.74 Å². The zero-order chi connectivity index (χ0) is 15.1. The van der Waals surface area contributed by atoms with Crippen molar-refractivity contribution in [2.24, 2.45) is 0 Å². The maximum absolute atomic E-state index is 11.4. The fourth-order valence-electron chi connectivity index (χ4n) is 2.82. The fourth-order valence-corrected chi connectivity index (χ4v) is 2.82. The van der Waals surface area contributed by atoms with Crippen LogP contribution < -0.4 is 5.32 Å². The lowest BCUT2D eigenvalue weighted by atomic mass is 9.89. The van der Waals surface area contributed by atoms with Crippen LogP contribution in [0.5, 0.6) is 0 Å². The van der Waals surface area contributed by atoms with Gasteiger partial charge in [-0.25, -0.2) is 4.79 Å². The van der Waals surface area contributed by atoms with E-state index < -0.39 is 12.2 Å². The van der Waals surface area contributed by atoms with Crippen LogP contribution in [-0.4, -0.2) is 23.8 Å². The van der Waals surface area contributed by atoms with E-state index in [9.17, 15) is 9.90 Å². The van der Waals surface area contributed by atoms with Crippen molar-refractivity contribution in [2.45, 2.75) is 57.8 Å². The molecule has 0 aromatic heterocycles. The highest BCUT2D eigenvalue weighted by Gasteiger charge is 2.26. The number of carboxylic acids is 1. The van der Waals surface area contributed by atoms with Crippen LogP contribution in [0.3, 0.4) is 0 Å². The highest BCUT2D eigenvalue weighted by Crippen LogP contribution is 2.32. The van der Waals surface area contributed by atoms with E-state index in [0.717, 1.165) is 44.1 Å². The van der Waals surface area contributed by atoms with Crippen molar-refractivity contribution < 1.29 is 14.6 Å². The Bertz CT molecular complexity index is 461. The van der Waals surface area contributed by atoms with Gasteiger partial charge in [0.05, 0.1) is 6.10 Å². The number of benzene rings is 1. The SMILES string of the molecule is CCCCCNC(OC1CCCc2ccccc21)C(=O)O. The molecule has 4 nitrogen and oxygen atoms in total. The molecule has 0 amide bonds. The summed E-state index contributed by atoms with van der Waals surface area (Å²) >= 11 is 0. The van der Waals surface area contributed by atoms with Crippen molar-refractivity contribution in [3.63, 3.8) is 0 Å². The molecule has 0 saturated heterocycles. The average Bonchev–Trinajstić information content (AvgIpc) is 2.50. The molecule has 0 aliphatic heterocycles. The van der Waals surface area contributed by atoms with Gasteiger partial charge in [0.1, 0.15) is 0 Å². The summed E-state index contributed by atoms with van der Waals surface area (Å²) in [6, 6.07) is 8.17. The fraction of sp³-hybridized carbons (Fsp3) is 0.588. The highest BCUT2D eigenvalue weighted by atomic mass is 16.5. The van der Waals surface area contributed by atoms with Crippen molar-refractivity contribution in [1.29, 1.82) is 0 Å². The molecule has 2 unspecified atom stereocenters. The molecule has 1 aromatic rings. The summed E-state index contributed by atoms with van der Waals surface area (Å²) in [5.41, 5.74) is 2.43. The first-order chi connectivity index (χ1) is 10.2. The Hall–Kier alpha value is -1.39. The largest absolute Gasteiger partial charge is 0.478 e. The third kappa shape index (κ3) is 4.55. The highest BCUT2D eigenvalue weighted by molar-refractivity contribution is 5.71. The molecule has 1 aromatic carbocycles. The van der Waals surface area contributed by atoms with Crippen LogP contribution in [0.15, 0.2) is 24.3 Å². The van der Waals surface area contributed by atoms with Crippen LogP contribution in [0, 0.1) is 0 Å². The third-order valence-corrected chi connectivity index (χ3v) is 3.95. The Balaban J connectivity index is 1.96. The van der Waals surface area contributed by atoms with Crippen LogP contribution in [0.25, 0.3) is 0 Å². The lowest BCUT2D eigenvalue weighted by Crippen LogP contribution is -2.41. The quantitative estimate of drug-likeness (QED) is 0.570. The van der Waals surface area contributed by atoms with Crippen LogP contribution in [0.4, 0.5) is 0 Å². The van der Waals surface area contributed by atoms with Gasteiger partial charge in [0.15, 0.2) is 0 Å². The van der Waals surface area contributed by atoms with E-state index in [1.165, 1.54) is 5.56 Å². The zero-order valence-electron chi connectivity index (χ0n) is 12.7. The Kier molecular flexibility index (Phi) is 6.21. The molecular formula is C17H25NO3.